The van der Waals surface area contributed by atoms with Crippen molar-refractivity contribution < 1.29 is 9.59 Å². The second-order valence-electron chi connectivity index (χ2n) is 4.15. The van der Waals surface area contributed by atoms with Gasteiger partial charge in [0.1, 0.15) is 10.1 Å². The Labute approximate surface area is 128 Å². The largest absolute Gasteiger partial charge is 0.351 e. The van der Waals surface area contributed by atoms with Crippen molar-refractivity contribution in [3.63, 3.8) is 0 Å². The van der Waals surface area contributed by atoms with Crippen molar-refractivity contribution in [1.29, 1.82) is 0 Å². The minimum atomic E-state index is -0.613. The molecular formula is C14H16Cl2N2O2. The molecule has 20 heavy (non-hydrogen) atoms. The van der Waals surface area contributed by atoms with Crippen LogP contribution in [0.5, 0.6) is 0 Å². The van der Waals surface area contributed by atoms with Gasteiger partial charge in [0.2, 0.25) is 0 Å². The Morgan fingerprint density at radius 3 is 2.30 bits per heavy atom. The minimum absolute atomic E-state index is 0.314. The molecule has 0 unspecified atom stereocenters. The van der Waals surface area contributed by atoms with Crippen molar-refractivity contribution >= 4 is 40.7 Å². The summed E-state index contributed by atoms with van der Waals surface area (Å²) in [5.41, 5.74) is 1.51. The highest BCUT2D eigenvalue weighted by Gasteiger charge is 2.18. The topological polar surface area (TPSA) is 58.2 Å². The number of rotatable bonds is 5. The fraction of sp³-hybridized carbons (Fsp3) is 0.286. The molecule has 0 atom stereocenters. The van der Waals surface area contributed by atoms with Gasteiger partial charge in [0.25, 0.3) is 11.8 Å². The highest BCUT2D eigenvalue weighted by molar-refractivity contribution is 6.54. The third-order valence-electron chi connectivity index (χ3n) is 2.52. The van der Waals surface area contributed by atoms with Gasteiger partial charge in [0, 0.05) is 12.2 Å². The number of halogens is 2. The van der Waals surface area contributed by atoms with Gasteiger partial charge in [-0.3, -0.25) is 9.59 Å². The van der Waals surface area contributed by atoms with Crippen LogP contribution in [0.3, 0.4) is 0 Å². The van der Waals surface area contributed by atoms with Crippen molar-refractivity contribution in [2.75, 3.05) is 11.9 Å². The van der Waals surface area contributed by atoms with Crippen LogP contribution in [-0.4, -0.2) is 18.4 Å². The lowest BCUT2D eigenvalue weighted by Crippen LogP contribution is -2.26. The van der Waals surface area contributed by atoms with E-state index in [-0.39, 0.29) is 10.1 Å². The molecule has 0 aliphatic carbocycles. The average molecular weight is 315 g/mol. The van der Waals surface area contributed by atoms with Crippen LogP contribution in [0.25, 0.3) is 0 Å². The molecule has 0 spiro atoms. The van der Waals surface area contributed by atoms with Gasteiger partial charge in [0.15, 0.2) is 0 Å². The number of carbonyl (C=O) groups is 2. The first kappa shape index (κ1) is 16.5. The minimum Gasteiger partial charge on any atom is -0.351 e. The van der Waals surface area contributed by atoms with E-state index in [1.54, 1.807) is 12.1 Å². The Balaban J connectivity index is 2.80. The Morgan fingerprint density at radius 2 is 1.70 bits per heavy atom. The normalized spacial score (nSPS) is 11.6. The molecule has 4 nitrogen and oxygen atoms in total. The smallest absolute Gasteiger partial charge is 0.268 e. The molecule has 0 aliphatic heterocycles. The van der Waals surface area contributed by atoms with E-state index < -0.39 is 11.8 Å². The lowest BCUT2D eigenvalue weighted by Gasteiger charge is -2.08. The predicted molar refractivity (Wildman–Crippen MR) is 81.8 cm³/mol. The predicted octanol–water partition coefficient (Wildman–Crippen LogP) is 3.15. The number of amides is 2. The summed E-state index contributed by atoms with van der Waals surface area (Å²) in [5, 5.41) is 4.51. The van der Waals surface area contributed by atoms with Crippen LogP contribution in [0.4, 0.5) is 5.69 Å². The average Bonchev–Trinajstić information content (AvgIpc) is 2.45. The first-order valence-electron chi connectivity index (χ1n) is 6.17. The van der Waals surface area contributed by atoms with Crippen molar-refractivity contribution in [1.82, 2.24) is 5.32 Å². The quantitative estimate of drug-likeness (QED) is 0.820. The number of hydrogen-bond donors (Lipinski definition) is 2. The van der Waals surface area contributed by atoms with E-state index in [1.165, 1.54) is 0 Å². The molecule has 0 aliphatic rings. The molecule has 0 radical (unpaired) electrons. The summed E-state index contributed by atoms with van der Waals surface area (Å²) in [6, 6.07) is 7.23. The molecule has 1 rings (SSSR count). The van der Waals surface area contributed by atoms with Crippen LogP contribution in [0.1, 0.15) is 18.9 Å². The number of anilines is 1. The number of aryl methyl sites for hydroxylation is 1. The summed E-state index contributed by atoms with van der Waals surface area (Å²) in [4.78, 5) is 23.5. The SMILES string of the molecule is CCCNC(=O)/C(Cl)=C(/Cl)C(=O)Nc1ccccc1C. The number of carbonyl (C=O) groups excluding carboxylic acids is 2. The molecule has 0 fully saturated rings. The van der Waals surface area contributed by atoms with Gasteiger partial charge in [-0.15, -0.1) is 0 Å². The summed E-state index contributed by atoms with van der Waals surface area (Å²) in [6.45, 7) is 4.23. The van der Waals surface area contributed by atoms with E-state index in [2.05, 4.69) is 10.6 Å². The van der Waals surface area contributed by atoms with Crippen molar-refractivity contribution in [2.45, 2.75) is 20.3 Å². The molecule has 1 aromatic carbocycles. The van der Waals surface area contributed by atoms with Crippen molar-refractivity contribution in [3.8, 4) is 0 Å². The lowest BCUT2D eigenvalue weighted by atomic mass is 10.2. The summed E-state index contributed by atoms with van der Waals surface area (Å²) in [7, 11) is 0. The van der Waals surface area contributed by atoms with Gasteiger partial charge in [-0.25, -0.2) is 0 Å². The van der Waals surface area contributed by atoms with Crippen molar-refractivity contribution in [2.24, 2.45) is 0 Å². The summed E-state index contributed by atoms with van der Waals surface area (Å²) in [6.07, 6.45) is 0.767. The zero-order chi connectivity index (χ0) is 15.1. The van der Waals surface area contributed by atoms with Gasteiger partial charge in [-0.1, -0.05) is 48.3 Å². The summed E-state index contributed by atoms with van der Waals surface area (Å²) < 4.78 is 0. The highest BCUT2D eigenvalue weighted by atomic mass is 35.5. The molecule has 0 heterocycles. The number of para-hydroxylation sites is 1. The molecule has 0 saturated carbocycles. The fourth-order valence-electron chi connectivity index (χ4n) is 1.41. The number of nitrogens with one attached hydrogen (secondary N) is 2. The monoisotopic (exact) mass is 314 g/mol. The van der Waals surface area contributed by atoms with Crippen LogP contribution in [0.2, 0.25) is 0 Å². The van der Waals surface area contributed by atoms with Crippen LogP contribution in [0.15, 0.2) is 34.3 Å². The van der Waals surface area contributed by atoms with Gasteiger partial charge in [0.05, 0.1) is 0 Å². The number of benzene rings is 1. The zero-order valence-corrected chi connectivity index (χ0v) is 12.8. The second kappa shape index (κ2) is 7.92. The zero-order valence-electron chi connectivity index (χ0n) is 11.3. The van der Waals surface area contributed by atoms with E-state index in [0.29, 0.717) is 12.2 Å². The molecule has 2 amide bonds. The van der Waals surface area contributed by atoms with Crippen LogP contribution >= 0.6 is 23.2 Å². The molecule has 2 N–H and O–H groups in total. The van der Waals surface area contributed by atoms with Gasteiger partial charge >= 0.3 is 0 Å². The first-order valence-corrected chi connectivity index (χ1v) is 6.93. The summed E-state index contributed by atoms with van der Waals surface area (Å²) >= 11 is 11.6. The Morgan fingerprint density at radius 1 is 1.10 bits per heavy atom. The molecule has 0 saturated heterocycles. The Kier molecular flexibility index (Phi) is 6.55. The van der Waals surface area contributed by atoms with Gasteiger partial charge in [-0.05, 0) is 25.0 Å². The lowest BCUT2D eigenvalue weighted by molar-refractivity contribution is -0.117. The van der Waals surface area contributed by atoms with Crippen LogP contribution in [0, 0.1) is 6.92 Å². The van der Waals surface area contributed by atoms with E-state index in [9.17, 15) is 9.59 Å². The molecule has 6 heteroatoms. The maximum Gasteiger partial charge on any atom is 0.268 e. The molecule has 0 bridgehead atoms. The molecule has 108 valence electrons. The van der Waals surface area contributed by atoms with Crippen molar-refractivity contribution in [3.05, 3.63) is 39.9 Å². The third kappa shape index (κ3) is 4.54. The van der Waals surface area contributed by atoms with Crippen LogP contribution < -0.4 is 10.6 Å². The van der Waals surface area contributed by atoms with E-state index >= 15 is 0 Å². The maximum absolute atomic E-state index is 11.9. The fourth-order valence-corrected chi connectivity index (χ4v) is 1.69. The second-order valence-corrected chi connectivity index (χ2v) is 4.91. The van der Waals surface area contributed by atoms with E-state index in [0.717, 1.165) is 12.0 Å². The Bertz CT molecular complexity index is 542. The van der Waals surface area contributed by atoms with E-state index in [1.807, 2.05) is 26.0 Å². The number of hydrogen-bond acceptors (Lipinski definition) is 2. The third-order valence-corrected chi connectivity index (χ3v) is 3.34. The molecule has 1 aromatic rings. The Hall–Kier alpha value is -1.52. The highest BCUT2D eigenvalue weighted by Crippen LogP contribution is 2.19. The van der Waals surface area contributed by atoms with E-state index in [4.69, 9.17) is 23.2 Å². The maximum atomic E-state index is 11.9. The summed E-state index contributed by atoms with van der Waals surface area (Å²) in [5.74, 6) is -1.17. The molecular weight excluding hydrogens is 299 g/mol. The van der Waals surface area contributed by atoms with Gasteiger partial charge in [-0.2, -0.15) is 0 Å². The van der Waals surface area contributed by atoms with Gasteiger partial charge < -0.3 is 10.6 Å². The standard InChI is InChI=1S/C14H16Cl2N2O2/c1-3-8-17-13(19)11(15)12(16)14(20)18-10-7-5-4-6-9(10)2/h4-7H,3,8H2,1-2H3,(H,17,19)(H,18,20)/b12-11-. The molecule has 0 aromatic heterocycles. The first-order chi connectivity index (χ1) is 9.47. The van der Waals surface area contributed by atoms with Crippen LogP contribution in [-0.2, 0) is 9.59 Å².